The second kappa shape index (κ2) is 7.69. The highest BCUT2D eigenvalue weighted by molar-refractivity contribution is 5.91. The molecule has 1 amide bonds. The maximum atomic E-state index is 12.6. The van der Waals surface area contributed by atoms with Crippen molar-refractivity contribution in [3.8, 4) is 5.75 Å². The van der Waals surface area contributed by atoms with Gasteiger partial charge in [-0.05, 0) is 23.1 Å². The van der Waals surface area contributed by atoms with E-state index in [4.69, 9.17) is 9.47 Å². The van der Waals surface area contributed by atoms with E-state index < -0.39 is 23.0 Å². The number of ketones is 1. The van der Waals surface area contributed by atoms with E-state index in [2.05, 4.69) is 5.32 Å². The van der Waals surface area contributed by atoms with Crippen LogP contribution in [0.5, 0.6) is 5.75 Å². The summed E-state index contributed by atoms with van der Waals surface area (Å²) in [5.74, 6) is 0.681. The van der Waals surface area contributed by atoms with Gasteiger partial charge in [-0.25, -0.2) is 4.79 Å². The van der Waals surface area contributed by atoms with Crippen LogP contribution in [0.2, 0.25) is 0 Å². The Bertz CT molecular complexity index is 582. The summed E-state index contributed by atoms with van der Waals surface area (Å²) in [6, 6.07) is 6.68. The number of ether oxygens (including phenoxy) is 2. The van der Waals surface area contributed by atoms with E-state index in [-0.39, 0.29) is 12.4 Å². The first kappa shape index (κ1) is 20.0. The van der Waals surface area contributed by atoms with Crippen LogP contribution in [0.3, 0.4) is 0 Å². The quantitative estimate of drug-likeness (QED) is 0.885. The minimum absolute atomic E-state index is 0.0201. The fraction of sp³-hybridized carbons (Fsp3) is 0.579. The molecule has 1 unspecified atom stereocenters. The molecule has 0 aliphatic carbocycles. The van der Waals surface area contributed by atoms with Crippen molar-refractivity contribution in [1.29, 1.82) is 0 Å². The van der Waals surface area contributed by atoms with Gasteiger partial charge in [-0.3, -0.25) is 4.79 Å². The van der Waals surface area contributed by atoms with Gasteiger partial charge in [-0.2, -0.15) is 0 Å². The molecular formula is C19H29NO4. The first-order valence-electron chi connectivity index (χ1n) is 8.05. The van der Waals surface area contributed by atoms with Crippen molar-refractivity contribution in [2.45, 2.75) is 54.2 Å². The van der Waals surface area contributed by atoms with E-state index in [1.54, 1.807) is 13.2 Å². The Kier molecular flexibility index (Phi) is 6.41. The van der Waals surface area contributed by atoms with Crippen LogP contribution in [0.25, 0.3) is 0 Å². The smallest absolute Gasteiger partial charge is 0.408 e. The van der Waals surface area contributed by atoms with Crippen molar-refractivity contribution in [3.63, 3.8) is 0 Å². The minimum atomic E-state index is -0.615. The summed E-state index contributed by atoms with van der Waals surface area (Å²) in [5, 5.41) is 2.72. The van der Waals surface area contributed by atoms with E-state index in [0.29, 0.717) is 5.75 Å². The molecule has 1 N–H and O–H groups in total. The van der Waals surface area contributed by atoms with Crippen molar-refractivity contribution in [3.05, 3.63) is 29.8 Å². The van der Waals surface area contributed by atoms with Crippen LogP contribution in [-0.2, 0) is 16.1 Å². The average molecular weight is 335 g/mol. The van der Waals surface area contributed by atoms with Crippen LogP contribution in [0, 0.1) is 10.8 Å². The Balaban J connectivity index is 2.73. The van der Waals surface area contributed by atoms with Gasteiger partial charge in [0.2, 0.25) is 0 Å². The standard InChI is InChI=1S/C19H29NO4/c1-18(2,3)15(16(21)19(4,5)6)20-17(22)24-12-13-9-8-10-14(11-13)23-7/h8-11,15H,12H2,1-7H3,(H,20,22). The van der Waals surface area contributed by atoms with Gasteiger partial charge in [0.25, 0.3) is 0 Å². The van der Waals surface area contributed by atoms with Gasteiger partial charge in [0.1, 0.15) is 12.4 Å². The van der Waals surface area contributed by atoms with Gasteiger partial charge in [-0.1, -0.05) is 53.7 Å². The number of carbonyl (C=O) groups is 2. The molecule has 1 rings (SSSR count). The van der Waals surface area contributed by atoms with Crippen molar-refractivity contribution >= 4 is 11.9 Å². The Labute approximate surface area is 144 Å². The number of methoxy groups -OCH3 is 1. The zero-order valence-electron chi connectivity index (χ0n) is 15.7. The molecule has 0 heterocycles. The lowest BCUT2D eigenvalue weighted by molar-refractivity contribution is -0.130. The van der Waals surface area contributed by atoms with Gasteiger partial charge in [0, 0.05) is 5.41 Å². The number of amides is 1. The number of Topliss-reactive ketones (excluding diaryl/α,β-unsaturated/α-hetero) is 1. The third-order valence-corrected chi connectivity index (χ3v) is 3.63. The SMILES string of the molecule is COc1cccc(COC(=O)NC(C(=O)C(C)(C)C)C(C)(C)C)c1. The molecule has 5 nitrogen and oxygen atoms in total. The molecule has 0 radical (unpaired) electrons. The molecular weight excluding hydrogens is 306 g/mol. The summed E-state index contributed by atoms with van der Waals surface area (Å²) >= 11 is 0. The van der Waals surface area contributed by atoms with Crippen molar-refractivity contribution in [1.82, 2.24) is 5.32 Å². The van der Waals surface area contributed by atoms with Crippen molar-refractivity contribution in [2.24, 2.45) is 10.8 Å². The Morgan fingerprint density at radius 2 is 1.75 bits per heavy atom. The van der Waals surface area contributed by atoms with Crippen LogP contribution in [0.15, 0.2) is 24.3 Å². The summed E-state index contributed by atoms with van der Waals surface area (Å²) in [6.07, 6.45) is -0.602. The molecule has 134 valence electrons. The van der Waals surface area contributed by atoms with Crippen molar-refractivity contribution in [2.75, 3.05) is 7.11 Å². The summed E-state index contributed by atoms with van der Waals surface area (Å²) in [5.41, 5.74) is -0.129. The zero-order valence-corrected chi connectivity index (χ0v) is 15.7. The van der Waals surface area contributed by atoms with Crippen LogP contribution in [-0.4, -0.2) is 25.0 Å². The number of benzene rings is 1. The molecule has 0 aliphatic heterocycles. The average Bonchev–Trinajstić information content (AvgIpc) is 2.48. The fourth-order valence-electron chi connectivity index (χ4n) is 2.18. The molecule has 5 heteroatoms. The fourth-order valence-corrected chi connectivity index (χ4v) is 2.18. The summed E-state index contributed by atoms with van der Waals surface area (Å²) in [4.78, 5) is 24.8. The van der Waals surface area contributed by atoms with Gasteiger partial charge < -0.3 is 14.8 Å². The summed E-state index contributed by atoms with van der Waals surface area (Å²) in [6.45, 7) is 11.4. The second-order valence-electron chi connectivity index (χ2n) is 7.99. The molecule has 24 heavy (non-hydrogen) atoms. The van der Waals surface area contributed by atoms with Crippen molar-refractivity contribution < 1.29 is 19.1 Å². The van der Waals surface area contributed by atoms with Gasteiger partial charge in [-0.15, -0.1) is 0 Å². The van der Waals surface area contributed by atoms with E-state index in [0.717, 1.165) is 5.56 Å². The van der Waals surface area contributed by atoms with E-state index in [1.165, 1.54) is 0 Å². The number of hydrogen-bond acceptors (Lipinski definition) is 4. The highest BCUT2D eigenvalue weighted by atomic mass is 16.5. The van der Waals surface area contributed by atoms with E-state index >= 15 is 0 Å². The second-order valence-corrected chi connectivity index (χ2v) is 7.99. The molecule has 0 saturated carbocycles. The molecule has 1 atom stereocenters. The van der Waals surface area contributed by atoms with Gasteiger partial charge in [0.05, 0.1) is 13.2 Å². The minimum Gasteiger partial charge on any atom is -0.497 e. The monoisotopic (exact) mass is 335 g/mol. The number of carbonyl (C=O) groups excluding carboxylic acids is 2. The molecule has 0 spiro atoms. The summed E-state index contributed by atoms with van der Waals surface area (Å²) < 4.78 is 10.4. The lowest BCUT2D eigenvalue weighted by Crippen LogP contribution is -2.52. The number of rotatable bonds is 5. The molecule has 1 aromatic rings. The third-order valence-electron chi connectivity index (χ3n) is 3.63. The molecule has 0 aliphatic rings. The van der Waals surface area contributed by atoms with Crippen LogP contribution in [0.4, 0.5) is 4.79 Å². The van der Waals surface area contributed by atoms with Crippen LogP contribution < -0.4 is 10.1 Å². The lowest BCUT2D eigenvalue weighted by atomic mass is 9.76. The highest BCUT2D eigenvalue weighted by Gasteiger charge is 2.38. The maximum Gasteiger partial charge on any atom is 0.408 e. The topological polar surface area (TPSA) is 64.6 Å². The number of hydrogen-bond donors (Lipinski definition) is 1. The molecule has 0 fully saturated rings. The normalized spacial score (nSPS) is 13.1. The Morgan fingerprint density at radius 1 is 1.12 bits per heavy atom. The molecule has 0 bridgehead atoms. The lowest BCUT2D eigenvalue weighted by Gasteiger charge is -2.34. The molecule has 0 saturated heterocycles. The largest absolute Gasteiger partial charge is 0.497 e. The predicted octanol–water partition coefficient (Wildman–Crippen LogP) is 3.95. The number of nitrogens with one attached hydrogen (secondary N) is 1. The Hall–Kier alpha value is -2.04. The van der Waals surface area contributed by atoms with Gasteiger partial charge >= 0.3 is 6.09 Å². The first-order chi connectivity index (χ1) is 10.9. The Morgan fingerprint density at radius 3 is 2.25 bits per heavy atom. The van der Waals surface area contributed by atoms with Gasteiger partial charge in [0.15, 0.2) is 5.78 Å². The zero-order chi connectivity index (χ0) is 18.5. The number of alkyl carbamates (subject to hydrolysis) is 1. The third kappa shape index (κ3) is 5.87. The first-order valence-corrected chi connectivity index (χ1v) is 8.05. The maximum absolute atomic E-state index is 12.6. The highest BCUT2D eigenvalue weighted by Crippen LogP contribution is 2.27. The summed E-state index contributed by atoms with van der Waals surface area (Å²) in [7, 11) is 1.58. The molecule has 0 aromatic heterocycles. The van der Waals surface area contributed by atoms with Crippen LogP contribution in [0.1, 0.15) is 47.1 Å². The van der Waals surface area contributed by atoms with E-state index in [1.807, 2.05) is 59.7 Å². The van der Waals surface area contributed by atoms with E-state index in [9.17, 15) is 9.59 Å². The predicted molar refractivity (Wildman–Crippen MR) is 94.0 cm³/mol. The van der Waals surface area contributed by atoms with Crippen LogP contribution >= 0.6 is 0 Å². The molecule has 1 aromatic carbocycles.